The van der Waals surface area contributed by atoms with E-state index in [0.717, 1.165) is 12.7 Å². The smallest absolute Gasteiger partial charge is 0.367 e. The van der Waals surface area contributed by atoms with Crippen molar-refractivity contribution >= 4 is 58.1 Å². The summed E-state index contributed by atoms with van der Waals surface area (Å²) >= 11 is 23.1. The Bertz CT molecular complexity index is 480. The van der Waals surface area contributed by atoms with Crippen LogP contribution < -0.4 is 0 Å². The fourth-order valence-electron chi connectivity index (χ4n) is 1.06. The fourth-order valence-corrected chi connectivity index (χ4v) is 1.97. The van der Waals surface area contributed by atoms with Gasteiger partial charge in [0.1, 0.15) is 5.69 Å². The minimum Gasteiger partial charge on any atom is -0.465 e. The Morgan fingerprint density at radius 2 is 1.78 bits per heavy atom. The van der Waals surface area contributed by atoms with Crippen LogP contribution in [-0.2, 0) is 9.53 Å². The van der Waals surface area contributed by atoms with Crippen LogP contribution in [0.2, 0.25) is 10.0 Å². The van der Waals surface area contributed by atoms with E-state index in [9.17, 15) is 4.79 Å². The maximum atomic E-state index is 11.2. The maximum absolute atomic E-state index is 11.2. The van der Waals surface area contributed by atoms with Gasteiger partial charge >= 0.3 is 10.4 Å². The van der Waals surface area contributed by atoms with Crippen molar-refractivity contribution in [2.24, 2.45) is 10.2 Å². The molecule has 0 aromatic heterocycles. The molecule has 1 aromatic carbocycles. The molecule has 0 saturated heterocycles. The minimum absolute atomic E-state index is 0.179. The van der Waals surface area contributed by atoms with Crippen molar-refractivity contribution in [2.75, 3.05) is 7.11 Å². The van der Waals surface area contributed by atoms with Gasteiger partial charge in [0.25, 0.3) is 0 Å². The number of azo groups is 1. The number of alkyl halides is 2. The molecule has 0 saturated carbocycles. The molecule has 4 nitrogen and oxygen atoms in total. The molecule has 0 aliphatic carbocycles. The van der Waals surface area contributed by atoms with Crippen LogP contribution in [0, 0.1) is 6.92 Å². The van der Waals surface area contributed by atoms with Gasteiger partial charge in [0.05, 0.1) is 17.2 Å². The molecule has 98 valence electrons. The summed E-state index contributed by atoms with van der Waals surface area (Å²) in [4.78, 5) is 11.2. The largest absolute Gasteiger partial charge is 0.465 e. The topological polar surface area (TPSA) is 51.0 Å². The van der Waals surface area contributed by atoms with Crippen molar-refractivity contribution in [3.05, 3.63) is 27.7 Å². The quantitative estimate of drug-likeness (QED) is 0.349. The highest BCUT2D eigenvalue weighted by Crippen LogP contribution is 2.36. The van der Waals surface area contributed by atoms with Gasteiger partial charge < -0.3 is 4.74 Å². The second kappa shape index (κ2) is 6.06. The number of methoxy groups -OCH3 is 1. The molecule has 0 unspecified atom stereocenters. The lowest BCUT2D eigenvalue weighted by Crippen LogP contribution is -2.24. The molecule has 0 fully saturated rings. The number of esters is 1. The van der Waals surface area contributed by atoms with Crippen LogP contribution in [0.3, 0.4) is 0 Å². The van der Waals surface area contributed by atoms with E-state index in [0.29, 0.717) is 0 Å². The second-order valence-corrected chi connectivity index (χ2v) is 5.41. The first-order valence-corrected chi connectivity index (χ1v) is 6.14. The summed E-state index contributed by atoms with van der Waals surface area (Å²) in [5.74, 6) is -0.950. The highest BCUT2D eigenvalue weighted by atomic mass is 35.5. The van der Waals surface area contributed by atoms with E-state index >= 15 is 0 Å². The highest BCUT2D eigenvalue weighted by Gasteiger charge is 2.35. The molecular weight excluding hydrogens is 322 g/mol. The summed E-state index contributed by atoms with van der Waals surface area (Å²) in [6.45, 7) is 1.82. The van der Waals surface area contributed by atoms with E-state index in [1.54, 1.807) is 12.1 Å². The second-order valence-electron chi connectivity index (χ2n) is 3.31. The van der Waals surface area contributed by atoms with Gasteiger partial charge in [-0.15, -0.1) is 10.2 Å². The van der Waals surface area contributed by atoms with E-state index in [2.05, 4.69) is 15.0 Å². The number of carbonyl (C=O) groups is 1. The van der Waals surface area contributed by atoms with Crippen LogP contribution >= 0.6 is 46.4 Å². The normalized spacial score (nSPS) is 11.9. The summed E-state index contributed by atoms with van der Waals surface area (Å²) in [6, 6.07) is 3.29. The van der Waals surface area contributed by atoms with Crippen LogP contribution in [0.1, 0.15) is 5.56 Å². The van der Waals surface area contributed by atoms with E-state index in [1.807, 2.05) is 6.92 Å². The third kappa shape index (κ3) is 3.72. The molecule has 0 amide bonds. The average Bonchev–Trinajstić information content (AvgIpc) is 2.26. The summed E-state index contributed by atoms with van der Waals surface area (Å²) in [5.41, 5.74) is 1.04. The Morgan fingerprint density at radius 1 is 1.28 bits per heavy atom. The van der Waals surface area contributed by atoms with Crippen molar-refractivity contribution in [2.45, 2.75) is 11.4 Å². The Balaban J connectivity index is 3.09. The fraction of sp³-hybridized carbons (Fsp3) is 0.300. The number of rotatable bonds is 3. The number of hydrogen-bond donors (Lipinski definition) is 0. The maximum Gasteiger partial charge on any atom is 0.367 e. The third-order valence-corrected chi connectivity index (χ3v) is 2.90. The molecule has 0 radical (unpaired) electrons. The van der Waals surface area contributed by atoms with Gasteiger partial charge in [-0.2, -0.15) is 0 Å². The van der Waals surface area contributed by atoms with Crippen LogP contribution in [0.25, 0.3) is 0 Å². The zero-order valence-electron chi connectivity index (χ0n) is 9.38. The monoisotopic (exact) mass is 328 g/mol. The van der Waals surface area contributed by atoms with Crippen molar-refractivity contribution in [3.8, 4) is 0 Å². The molecule has 0 spiro atoms. The molecule has 0 aliphatic rings. The number of aryl methyl sites for hydroxylation is 1. The predicted molar refractivity (Wildman–Crippen MR) is 72.2 cm³/mol. The summed E-state index contributed by atoms with van der Waals surface area (Å²) in [6.07, 6.45) is 0. The lowest BCUT2D eigenvalue weighted by Gasteiger charge is -2.09. The predicted octanol–water partition coefficient (Wildman–Crippen LogP) is 4.69. The molecule has 0 atom stereocenters. The number of ether oxygens (including phenoxy) is 1. The number of halogens is 4. The van der Waals surface area contributed by atoms with Crippen molar-refractivity contribution in [1.82, 2.24) is 0 Å². The Morgan fingerprint density at radius 3 is 2.22 bits per heavy atom. The zero-order valence-corrected chi connectivity index (χ0v) is 12.4. The minimum atomic E-state index is -2.13. The van der Waals surface area contributed by atoms with Crippen molar-refractivity contribution in [1.29, 1.82) is 0 Å². The first-order chi connectivity index (χ1) is 8.27. The van der Waals surface area contributed by atoms with E-state index < -0.39 is 10.4 Å². The molecule has 0 aliphatic heterocycles. The van der Waals surface area contributed by atoms with Gasteiger partial charge in [-0.05, 0) is 24.6 Å². The lowest BCUT2D eigenvalue weighted by molar-refractivity contribution is -0.141. The first-order valence-electron chi connectivity index (χ1n) is 4.62. The summed E-state index contributed by atoms with van der Waals surface area (Å²) < 4.78 is 2.23. The Labute approximate surface area is 124 Å². The highest BCUT2D eigenvalue weighted by molar-refractivity contribution is 6.57. The van der Waals surface area contributed by atoms with E-state index in [-0.39, 0.29) is 15.7 Å². The SMILES string of the molecule is COC(=O)C(Cl)(Cl)N=Nc1c(Cl)cc(C)cc1Cl. The van der Waals surface area contributed by atoms with Crippen molar-refractivity contribution in [3.63, 3.8) is 0 Å². The van der Waals surface area contributed by atoms with E-state index in [4.69, 9.17) is 46.4 Å². The van der Waals surface area contributed by atoms with Crippen LogP contribution in [0.4, 0.5) is 5.69 Å². The molecular formula is C10H8Cl4N2O2. The molecule has 0 N–H and O–H groups in total. The molecule has 1 aromatic rings. The van der Waals surface area contributed by atoms with Crippen LogP contribution in [0.5, 0.6) is 0 Å². The third-order valence-electron chi connectivity index (χ3n) is 1.87. The Kier molecular flexibility index (Phi) is 5.22. The van der Waals surface area contributed by atoms with Gasteiger partial charge in [0.15, 0.2) is 0 Å². The Hall–Kier alpha value is -0.550. The van der Waals surface area contributed by atoms with Gasteiger partial charge in [-0.25, -0.2) is 4.79 Å². The summed E-state index contributed by atoms with van der Waals surface area (Å²) in [7, 11) is 1.13. The molecule has 18 heavy (non-hydrogen) atoms. The van der Waals surface area contributed by atoms with Crippen LogP contribution in [0.15, 0.2) is 22.4 Å². The first kappa shape index (κ1) is 15.5. The van der Waals surface area contributed by atoms with Crippen molar-refractivity contribution < 1.29 is 9.53 Å². The molecule has 0 bridgehead atoms. The number of hydrogen-bond acceptors (Lipinski definition) is 4. The molecule has 0 heterocycles. The van der Waals surface area contributed by atoms with Gasteiger partial charge in [0, 0.05) is 0 Å². The zero-order chi connectivity index (χ0) is 13.9. The van der Waals surface area contributed by atoms with E-state index in [1.165, 1.54) is 0 Å². The average molecular weight is 330 g/mol. The summed E-state index contributed by atoms with van der Waals surface area (Å²) in [5, 5.41) is 7.70. The van der Waals surface area contributed by atoms with Gasteiger partial charge in [0.2, 0.25) is 0 Å². The standard InChI is InChI=1S/C10H8Cl4N2O2/c1-5-3-6(11)8(7(12)4-5)15-16-10(13,14)9(17)18-2/h3-4H,1-2H3. The van der Waals surface area contributed by atoms with Gasteiger partial charge in [-0.3, -0.25) is 0 Å². The number of benzene rings is 1. The lowest BCUT2D eigenvalue weighted by atomic mass is 10.2. The van der Waals surface area contributed by atoms with Crippen LogP contribution in [-0.4, -0.2) is 17.5 Å². The van der Waals surface area contributed by atoms with Gasteiger partial charge in [-0.1, -0.05) is 46.4 Å². The number of nitrogens with zero attached hydrogens (tertiary/aromatic N) is 2. The number of carbonyl (C=O) groups excluding carboxylic acids is 1. The molecule has 8 heteroatoms. The molecule has 1 rings (SSSR count).